The molecule has 2 aromatic heterocycles. The van der Waals surface area contributed by atoms with Crippen LogP contribution in [0.2, 0.25) is 0 Å². The van der Waals surface area contributed by atoms with Crippen LogP contribution in [0.4, 0.5) is 0 Å². The molecule has 2 atom stereocenters. The van der Waals surface area contributed by atoms with Gasteiger partial charge in [-0.1, -0.05) is 21.3 Å². The van der Waals surface area contributed by atoms with E-state index in [1.54, 1.807) is 11.3 Å². The van der Waals surface area contributed by atoms with E-state index in [4.69, 9.17) is 9.84 Å². The zero-order chi connectivity index (χ0) is 17.2. The van der Waals surface area contributed by atoms with E-state index in [1.165, 1.54) is 18.4 Å². The number of esters is 1. The lowest BCUT2D eigenvalue weighted by molar-refractivity contribution is -0.142. The van der Waals surface area contributed by atoms with Crippen LogP contribution in [0.15, 0.2) is 33.7 Å². The lowest BCUT2D eigenvalue weighted by atomic mass is 10.0. The predicted octanol–water partition coefficient (Wildman–Crippen LogP) is 5.38. The molecule has 0 amide bonds. The Hall–Kier alpha value is -1.66. The monoisotopic (exact) mass is 370 g/mol. The second-order valence-electron chi connectivity index (χ2n) is 4.90. The Kier molecular flexibility index (Phi) is 11.0. The minimum absolute atomic E-state index is 0. The summed E-state index contributed by atoms with van der Waals surface area (Å²) in [7, 11) is 1.43. The molecular weight excluding hydrogens is 344 g/mol. The number of hydrogen-bond donors (Lipinski definition) is 1. The molecule has 0 aliphatic heterocycles. The van der Waals surface area contributed by atoms with E-state index in [1.807, 2.05) is 47.5 Å². The molecule has 6 heteroatoms. The molecular formula is C18H26O4S2. The van der Waals surface area contributed by atoms with Crippen molar-refractivity contribution in [2.45, 2.75) is 46.0 Å². The molecule has 0 aliphatic rings. The lowest BCUT2D eigenvalue weighted by Gasteiger charge is -2.09. The molecule has 2 unspecified atom stereocenters. The van der Waals surface area contributed by atoms with Crippen LogP contribution in [-0.4, -0.2) is 24.2 Å². The van der Waals surface area contributed by atoms with Crippen LogP contribution in [0.25, 0.3) is 0 Å². The fraction of sp³-hybridized carbons (Fsp3) is 0.444. The van der Waals surface area contributed by atoms with Gasteiger partial charge in [-0.2, -0.15) is 22.7 Å². The molecule has 0 bridgehead atoms. The van der Waals surface area contributed by atoms with Crippen molar-refractivity contribution >= 4 is 34.6 Å². The van der Waals surface area contributed by atoms with Crippen molar-refractivity contribution in [1.29, 1.82) is 0 Å². The molecule has 0 radical (unpaired) electrons. The maximum atomic E-state index is 11.2. The summed E-state index contributed by atoms with van der Waals surface area (Å²) in [5.41, 5.74) is 1.99. The van der Waals surface area contributed by atoms with Gasteiger partial charge in [0.2, 0.25) is 0 Å². The SMILES string of the molecule is C.CCC(C(=O)O)c1ccsc1.CCC(C(=O)OC)c1ccsc1. The molecule has 24 heavy (non-hydrogen) atoms. The molecule has 0 aromatic carbocycles. The number of carbonyl (C=O) groups excluding carboxylic acids is 1. The van der Waals surface area contributed by atoms with E-state index in [0.29, 0.717) is 6.42 Å². The van der Waals surface area contributed by atoms with Gasteiger partial charge in [-0.25, -0.2) is 0 Å². The van der Waals surface area contributed by atoms with Crippen molar-refractivity contribution in [2.24, 2.45) is 0 Å². The summed E-state index contributed by atoms with van der Waals surface area (Å²) in [5, 5.41) is 16.5. The zero-order valence-electron chi connectivity index (χ0n) is 13.5. The van der Waals surface area contributed by atoms with Crippen LogP contribution >= 0.6 is 22.7 Å². The number of thiophene rings is 2. The van der Waals surface area contributed by atoms with E-state index < -0.39 is 5.97 Å². The number of carboxylic acids is 1. The van der Waals surface area contributed by atoms with Gasteiger partial charge in [-0.05, 0) is 57.6 Å². The average Bonchev–Trinajstić information content (AvgIpc) is 3.22. The molecule has 1 N–H and O–H groups in total. The summed E-state index contributed by atoms with van der Waals surface area (Å²) < 4.78 is 4.69. The summed E-state index contributed by atoms with van der Waals surface area (Å²) in [4.78, 5) is 21.9. The first-order valence-corrected chi connectivity index (χ1v) is 9.28. The van der Waals surface area contributed by atoms with Gasteiger partial charge in [0.25, 0.3) is 0 Å². The molecule has 4 nitrogen and oxygen atoms in total. The lowest BCUT2D eigenvalue weighted by Crippen LogP contribution is -2.12. The van der Waals surface area contributed by atoms with Gasteiger partial charge in [0, 0.05) is 0 Å². The maximum absolute atomic E-state index is 11.2. The smallest absolute Gasteiger partial charge is 0.313 e. The average molecular weight is 371 g/mol. The van der Waals surface area contributed by atoms with Crippen LogP contribution in [-0.2, 0) is 14.3 Å². The highest BCUT2D eigenvalue weighted by Crippen LogP contribution is 2.23. The van der Waals surface area contributed by atoms with Gasteiger partial charge in [-0.3, -0.25) is 9.59 Å². The summed E-state index contributed by atoms with van der Waals surface area (Å²) in [6, 6.07) is 3.84. The number of aliphatic carboxylic acids is 1. The quantitative estimate of drug-likeness (QED) is 0.694. The first-order valence-electron chi connectivity index (χ1n) is 7.39. The molecule has 2 rings (SSSR count). The molecule has 0 saturated carbocycles. The van der Waals surface area contributed by atoms with Gasteiger partial charge in [0.15, 0.2) is 0 Å². The van der Waals surface area contributed by atoms with Crippen molar-refractivity contribution in [3.63, 3.8) is 0 Å². The summed E-state index contributed by atoms with van der Waals surface area (Å²) in [5.74, 6) is -1.27. The number of ether oxygens (including phenoxy) is 1. The van der Waals surface area contributed by atoms with Gasteiger partial charge in [0.05, 0.1) is 18.9 Å². The Morgan fingerprint density at radius 2 is 1.50 bits per heavy atom. The third-order valence-corrected chi connectivity index (χ3v) is 4.89. The number of rotatable bonds is 6. The second-order valence-corrected chi connectivity index (χ2v) is 6.46. The Labute approximate surface area is 152 Å². The van der Waals surface area contributed by atoms with E-state index in [0.717, 1.165) is 17.5 Å². The Morgan fingerprint density at radius 1 is 1.04 bits per heavy atom. The molecule has 2 aromatic rings. The second kappa shape index (κ2) is 11.8. The standard InChI is InChI=1S/C9H12O2S.C8H10O2S.CH4/c1-3-8(9(10)11-2)7-4-5-12-6-7;1-2-7(8(9)10)6-3-4-11-5-6;/h4-6,8H,3H2,1-2H3;3-5,7H,2H2,1H3,(H,9,10);1H4. The minimum atomic E-state index is -0.731. The topological polar surface area (TPSA) is 63.6 Å². The van der Waals surface area contributed by atoms with Gasteiger partial charge in [-0.15, -0.1) is 0 Å². The number of carbonyl (C=O) groups is 2. The normalized spacial score (nSPS) is 12.1. The van der Waals surface area contributed by atoms with Crippen LogP contribution in [0.3, 0.4) is 0 Å². The third-order valence-electron chi connectivity index (χ3n) is 3.49. The highest BCUT2D eigenvalue weighted by atomic mass is 32.1. The van der Waals surface area contributed by atoms with Gasteiger partial charge in [0.1, 0.15) is 0 Å². The number of carboxylic acid groups (broad SMARTS) is 1. The van der Waals surface area contributed by atoms with Crippen molar-refractivity contribution in [3.8, 4) is 0 Å². The minimum Gasteiger partial charge on any atom is -0.481 e. The van der Waals surface area contributed by atoms with Crippen molar-refractivity contribution in [3.05, 3.63) is 44.8 Å². The first-order chi connectivity index (χ1) is 11.0. The van der Waals surface area contributed by atoms with Gasteiger partial charge < -0.3 is 9.84 Å². The fourth-order valence-corrected chi connectivity index (χ4v) is 3.61. The van der Waals surface area contributed by atoms with Crippen LogP contribution in [0.1, 0.15) is 57.1 Å². The van der Waals surface area contributed by atoms with E-state index in [9.17, 15) is 9.59 Å². The molecule has 0 aliphatic carbocycles. The van der Waals surface area contributed by atoms with Gasteiger partial charge >= 0.3 is 11.9 Å². The molecule has 2 heterocycles. The first kappa shape index (κ1) is 22.3. The molecule has 0 saturated heterocycles. The van der Waals surface area contributed by atoms with Crippen LogP contribution in [0, 0.1) is 0 Å². The summed E-state index contributed by atoms with van der Waals surface area (Å²) >= 11 is 3.14. The fourth-order valence-electron chi connectivity index (χ4n) is 2.18. The largest absolute Gasteiger partial charge is 0.481 e. The number of hydrogen-bond acceptors (Lipinski definition) is 5. The van der Waals surface area contributed by atoms with Crippen molar-refractivity contribution < 1.29 is 19.4 Å². The molecule has 134 valence electrons. The highest BCUT2D eigenvalue weighted by Gasteiger charge is 2.19. The summed E-state index contributed by atoms with van der Waals surface area (Å²) in [6.45, 7) is 3.87. The Bertz CT molecular complexity index is 576. The van der Waals surface area contributed by atoms with Crippen LogP contribution in [0.5, 0.6) is 0 Å². The van der Waals surface area contributed by atoms with E-state index >= 15 is 0 Å². The molecule has 0 spiro atoms. The maximum Gasteiger partial charge on any atom is 0.313 e. The zero-order valence-corrected chi connectivity index (χ0v) is 15.2. The van der Waals surface area contributed by atoms with Crippen molar-refractivity contribution in [2.75, 3.05) is 7.11 Å². The van der Waals surface area contributed by atoms with Crippen LogP contribution < -0.4 is 0 Å². The molecule has 0 fully saturated rings. The van der Waals surface area contributed by atoms with E-state index in [-0.39, 0.29) is 25.2 Å². The Balaban J connectivity index is 0.000000425. The third kappa shape index (κ3) is 6.45. The van der Waals surface area contributed by atoms with Crippen molar-refractivity contribution in [1.82, 2.24) is 0 Å². The number of methoxy groups -OCH3 is 1. The predicted molar refractivity (Wildman–Crippen MR) is 101 cm³/mol. The summed E-state index contributed by atoms with van der Waals surface area (Å²) in [6.07, 6.45) is 1.45. The highest BCUT2D eigenvalue weighted by molar-refractivity contribution is 7.08. The van der Waals surface area contributed by atoms with E-state index in [2.05, 4.69) is 0 Å². The Morgan fingerprint density at radius 3 is 1.79 bits per heavy atom.